The molecular formula is C12H15NO3. The zero-order valence-electron chi connectivity index (χ0n) is 9.02. The largest absolute Gasteiger partial charge is 0.507 e. The SMILES string of the molecule is O=Cc1c(O)cc(N2CCCCC2)cc1O. The first kappa shape index (κ1) is 10.8. The molecule has 0 aliphatic carbocycles. The quantitative estimate of drug-likeness (QED) is 0.749. The van der Waals surface area contributed by atoms with E-state index in [9.17, 15) is 15.0 Å². The van der Waals surface area contributed by atoms with Crippen molar-refractivity contribution in [2.75, 3.05) is 18.0 Å². The molecule has 0 aromatic heterocycles. The van der Waals surface area contributed by atoms with E-state index in [1.165, 1.54) is 18.6 Å². The molecule has 1 heterocycles. The van der Waals surface area contributed by atoms with Crippen LogP contribution in [-0.2, 0) is 0 Å². The molecule has 0 saturated carbocycles. The van der Waals surface area contributed by atoms with Crippen LogP contribution in [0.2, 0.25) is 0 Å². The second-order valence-electron chi connectivity index (χ2n) is 4.06. The Labute approximate surface area is 94.1 Å². The summed E-state index contributed by atoms with van der Waals surface area (Å²) in [5, 5.41) is 19.2. The molecular weight excluding hydrogens is 206 g/mol. The van der Waals surface area contributed by atoms with Gasteiger partial charge in [0.1, 0.15) is 11.5 Å². The summed E-state index contributed by atoms with van der Waals surface area (Å²) in [7, 11) is 0. The van der Waals surface area contributed by atoms with E-state index in [1.807, 2.05) is 0 Å². The van der Waals surface area contributed by atoms with Crippen molar-refractivity contribution >= 4 is 12.0 Å². The summed E-state index contributed by atoms with van der Waals surface area (Å²) in [5.74, 6) is -0.314. The normalized spacial score (nSPS) is 16.1. The van der Waals surface area contributed by atoms with Gasteiger partial charge >= 0.3 is 0 Å². The third-order valence-electron chi connectivity index (χ3n) is 2.96. The minimum absolute atomic E-state index is 0.0410. The van der Waals surface area contributed by atoms with Gasteiger partial charge in [0.05, 0.1) is 5.56 Å². The molecule has 0 radical (unpaired) electrons. The topological polar surface area (TPSA) is 60.8 Å². The molecule has 16 heavy (non-hydrogen) atoms. The first-order valence-electron chi connectivity index (χ1n) is 5.48. The monoisotopic (exact) mass is 221 g/mol. The van der Waals surface area contributed by atoms with Crippen molar-refractivity contribution in [2.45, 2.75) is 19.3 Å². The predicted molar refractivity (Wildman–Crippen MR) is 61.2 cm³/mol. The summed E-state index contributed by atoms with van der Waals surface area (Å²) in [5.41, 5.74) is 0.737. The number of rotatable bonds is 2. The van der Waals surface area contributed by atoms with Crippen LogP contribution in [-0.4, -0.2) is 29.6 Å². The van der Waals surface area contributed by atoms with E-state index >= 15 is 0 Å². The molecule has 0 amide bonds. The van der Waals surface area contributed by atoms with E-state index in [4.69, 9.17) is 0 Å². The van der Waals surface area contributed by atoms with Gasteiger partial charge in [0, 0.05) is 30.9 Å². The van der Waals surface area contributed by atoms with Gasteiger partial charge in [-0.1, -0.05) is 0 Å². The smallest absolute Gasteiger partial charge is 0.157 e. The van der Waals surface area contributed by atoms with E-state index in [0.717, 1.165) is 31.6 Å². The molecule has 0 bridgehead atoms. The summed E-state index contributed by atoms with van der Waals surface area (Å²) in [6, 6.07) is 3.07. The third-order valence-corrected chi connectivity index (χ3v) is 2.96. The molecule has 1 saturated heterocycles. The predicted octanol–water partition coefficient (Wildman–Crippen LogP) is 1.90. The van der Waals surface area contributed by atoms with Gasteiger partial charge in [-0.25, -0.2) is 0 Å². The summed E-state index contributed by atoms with van der Waals surface area (Å²) >= 11 is 0. The second kappa shape index (κ2) is 4.43. The lowest BCUT2D eigenvalue weighted by Gasteiger charge is -2.29. The number of anilines is 1. The fourth-order valence-electron chi connectivity index (χ4n) is 2.06. The number of carbonyl (C=O) groups is 1. The Morgan fingerprint density at radius 3 is 2.12 bits per heavy atom. The first-order chi connectivity index (χ1) is 7.72. The molecule has 1 fully saturated rings. The highest BCUT2D eigenvalue weighted by Gasteiger charge is 2.15. The maximum Gasteiger partial charge on any atom is 0.157 e. The van der Waals surface area contributed by atoms with Crippen molar-refractivity contribution in [3.05, 3.63) is 17.7 Å². The number of carbonyl (C=O) groups excluding carboxylic acids is 1. The molecule has 1 aliphatic heterocycles. The lowest BCUT2D eigenvalue weighted by Crippen LogP contribution is -2.29. The van der Waals surface area contributed by atoms with Crippen LogP contribution in [0.15, 0.2) is 12.1 Å². The molecule has 4 nitrogen and oxygen atoms in total. The number of nitrogens with zero attached hydrogens (tertiary/aromatic N) is 1. The van der Waals surface area contributed by atoms with Crippen molar-refractivity contribution in [1.29, 1.82) is 0 Å². The summed E-state index contributed by atoms with van der Waals surface area (Å²) in [6.45, 7) is 1.86. The number of aldehydes is 1. The number of hydrogen-bond acceptors (Lipinski definition) is 4. The Balaban J connectivity index is 2.31. The van der Waals surface area contributed by atoms with Crippen molar-refractivity contribution in [3.63, 3.8) is 0 Å². The number of phenolic OH excluding ortho intramolecular Hbond substituents is 2. The number of hydrogen-bond donors (Lipinski definition) is 2. The van der Waals surface area contributed by atoms with Crippen LogP contribution >= 0.6 is 0 Å². The standard InChI is InChI=1S/C12H15NO3/c14-8-10-11(15)6-9(7-12(10)16)13-4-2-1-3-5-13/h6-8,15-16H,1-5H2. The van der Waals surface area contributed by atoms with Crippen LogP contribution in [0, 0.1) is 0 Å². The number of piperidine rings is 1. The number of phenols is 2. The fraction of sp³-hybridized carbons (Fsp3) is 0.417. The lowest BCUT2D eigenvalue weighted by molar-refractivity contribution is 0.111. The van der Waals surface area contributed by atoms with E-state index in [0.29, 0.717) is 6.29 Å². The van der Waals surface area contributed by atoms with Crippen LogP contribution in [0.4, 0.5) is 5.69 Å². The van der Waals surface area contributed by atoms with Crippen molar-refractivity contribution in [2.24, 2.45) is 0 Å². The Bertz CT molecular complexity index is 374. The van der Waals surface area contributed by atoms with Gasteiger partial charge in [-0.05, 0) is 19.3 Å². The first-order valence-corrected chi connectivity index (χ1v) is 5.48. The molecule has 2 N–H and O–H groups in total. The van der Waals surface area contributed by atoms with Gasteiger partial charge in [-0.2, -0.15) is 0 Å². The number of aromatic hydroxyl groups is 2. The lowest BCUT2D eigenvalue weighted by atomic mass is 10.1. The summed E-state index contributed by atoms with van der Waals surface area (Å²) < 4.78 is 0. The average Bonchev–Trinajstić information content (AvgIpc) is 2.30. The van der Waals surface area contributed by atoms with Gasteiger partial charge in [-0.15, -0.1) is 0 Å². The molecule has 86 valence electrons. The molecule has 1 aromatic carbocycles. The van der Waals surface area contributed by atoms with Crippen LogP contribution in [0.25, 0.3) is 0 Å². The van der Waals surface area contributed by atoms with Gasteiger partial charge in [0.2, 0.25) is 0 Å². The molecule has 4 heteroatoms. The van der Waals surface area contributed by atoms with Crippen molar-refractivity contribution < 1.29 is 15.0 Å². The van der Waals surface area contributed by atoms with Gasteiger partial charge < -0.3 is 15.1 Å². The second-order valence-corrected chi connectivity index (χ2v) is 4.06. The van der Waals surface area contributed by atoms with Crippen molar-refractivity contribution in [1.82, 2.24) is 0 Å². The molecule has 0 atom stereocenters. The molecule has 0 spiro atoms. The Hall–Kier alpha value is -1.71. The Kier molecular flexibility index (Phi) is 2.99. The van der Waals surface area contributed by atoms with Gasteiger partial charge in [0.15, 0.2) is 6.29 Å². The number of benzene rings is 1. The maximum absolute atomic E-state index is 10.6. The van der Waals surface area contributed by atoms with Crippen LogP contribution in [0.1, 0.15) is 29.6 Å². The van der Waals surface area contributed by atoms with E-state index in [2.05, 4.69) is 4.90 Å². The van der Waals surface area contributed by atoms with Crippen LogP contribution < -0.4 is 4.90 Å². The zero-order valence-corrected chi connectivity index (χ0v) is 9.02. The Morgan fingerprint density at radius 2 is 1.62 bits per heavy atom. The highest BCUT2D eigenvalue weighted by molar-refractivity contribution is 5.85. The van der Waals surface area contributed by atoms with E-state index in [-0.39, 0.29) is 17.1 Å². The van der Waals surface area contributed by atoms with Crippen LogP contribution in [0.5, 0.6) is 11.5 Å². The molecule has 0 unspecified atom stereocenters. The molecule has 2 rings (SSSR count). The highest BCUT2D eigenvalue weighted by atomic mass is 16.3. The maximum atomic E-state index is 10.6. The zero-order chi connectivity index (χ0) is 11.5. The summed E-state index contributed by atoms with van der Waals surface area (Å²) in [4.78, 5) is 12.7. The highest BCUT2D eigenvalue weighted by Crippen LogP contribution is 2.32. The Morgan fingerprint density at radius 1 is 1.06 bits per heavy atom. The van der Waals surface area contributed by atoms with Gasteiger partial charge in [-0.3, -0.25) is 4.79 Å². The summed E-state index contributed by atoms with van der Waals surface area (Å²) in [6.07, 6.45) is 3.93. The van der Waals surface area contributed by atoms with E-state index in [1.54, 1.807) is 0 Å². The third kappa shape index (κ3) is 1.96. The van der Waals surface area contributed by atoms with Crippen molar-refractivity contribution in [3.8, 4) is 11.5 Å². The average molecular weight is 221 g/mol. The van der Waals surface area contributed by atoms with Gasteiger partial charge in [0.25, 0.3) is 0 Å². The minimum Gasteiger partial charge on any atom is -0.507 e. The van der Waals surface area contributed by atoms with Crippen LogP contribution in [0.3, 0.4) is 0 Å². The minimum atomic E-state index is -0.157. The molecule has 1 aromatic rings. The molecule has 1 aliphatic rings. The van der Waals surface area contributed by atoms with E-state index < -0.39 is 0 Å². The fourth-order valence-corrected chi connectivity index (χ4v) is 2.06.